The van der Waals surface area contributed by atoms with Crippen molar-refractivity contribution in [3.8, 4) is 5.75 Å². The number of anilines is 1. The SMILES string of the molecule is CCC(C(=O)NCC(C)C)N(Cc1ccc(Cl)cc1)C(=O)CN(c1cc(Cl)ccc1OC)S(=O)(=O)c1ccccc1. The predicted octanol–water partition coefficient (Wildman–Crippen LogP) is 5.78. The zero-order chi connectivity index (χ0) is 30.2. The molecule has 3 aromatic rings. The zero-order valence-corrected chi connectivity index (χ0v) is 25.8. The van der Waals surface area contributed by atoms with Gasteiger partial charge in [-0.25, -0.2) is 8.42 Å². The van der Waals surface area contributed by atoms with E-state index in [4.69, 9.17) is 27.9 Å². The number of carbonyl (C=O) groups is 2. The van der Waals surface area contributed by atoms with Crippen molar-refractivity contribution in [2.45, 2.75) is 44.7 Å². The minimum absolute atomic E-state index is 0.0132. The molecule has 0 spiro atoms. The van der Waals surface area contributed by atoms with Crippen LogP contribution in [0.1, 0.15) is 32.8 Å². The molecular formula is C30H35Cl2N3O5S. The number of hydrogen-bond acceptors (Lipinski definition) is 5. The fourth-order valence-electron chi connectivity index (χ4n) is 4.22. The Morgan fingerprint density at radius 3 is 2.17 bits per heavy atom. The van der Waals surface area contributed by atoms with Gasteiger partial charge in [-0.3, -0.25) is 13.9 Å². The monoisotopic (exact) mass is 619 g/mol. The summed E-state index contributed by atoms with van der Waals surface area (Å²) in [5, 5.41) is 3.70. The third-order valence-electron chi connectivity index (χ3n) is 6.36. The van der Waals surface area contributed by atoms with Crippen molar-refractivity contribution >= 4 is 50.7 Å². The van der Waals surface area contributed by atoms with Crippen molar-refractivity contribution in [1.29, 1.82) is 0 Å². The molecule has 3 aromatic carbocycles. The Balaban J connectivity index is 2.10. The van der Waals surface area contributed by atoms with Gasteiger partial charge in [0.15, 0.2) is 0 Å². The average Bonchev–Trinajstić information content (AvgIpc) is 2.95. The van der Waals surface area contributed by atoms with Crippen molar-refractivity contribution in [2.24, 2.45) is 5.92 Å². The van der Waals surface area contributed by atoms with Crippen LogP contribution < -0.4 is 14.4 Å². The molecule has 2 amide bonds. The van der Waals surface area contributed by atoms with Crippen molar-refractivity contribution in [1.82, 2.24) is 10.2 Å². The number of amides is 2. The van der Waals surface area contributed by atoms with E-state index in [1.807, 2.05) is 13.8 Å². The van der Waals surface area contributed by atoms with E-state index in [9.17, 15) is 18.0 Å². The minimum atomic E-state index is -4.26. The van der Waals surface area contributed by atoms with Gasteiger partial charge in [-0.05, 0) is 60.4 Å². The number of methoxy groups -OCH3 is 1. The summed E-state index contributed by atoms with van der Waals surface area (Å²) in [4.78, 5) is 28.8. The van der Waals surface area contributed by atoms with Crippen molar-refractivity contribution in [3.63, 3.8) is 0 Å². The molecule has 0 bridgehead atoms. The number of nitrogens with zero attached hydrogens (tertiary/aromatic N) is 2. The Bertz CT molecular complexity index is 1430. The topological polar surface area (TPSA) is 96.0 Å². The van der Waals surface area contributed by atoms with Gasteiger partial charge in [0.1, 0.15) is 18.3 Å². The molecular weight excluding hydrogens is 585 g/mol. The van der Waals surface area contributed by atoms with E-state index in [1.54, 1.807) is 55.5 Å². The molecule has 1 atom stereocenters. The zero-order valence-electron chi connectivity index (χ0n) is 23.5. The highest BCUT2D eigenvalue weighted by Gasteiger charge is 2.34. The van der Waals surface area contributed by atoms with Gasteiger partial charge in [-0.1, -0.05) is 74.3 Å². The van der Waals surface area contributed by atoms with Gasteiger partial charge in [0.05, 0.1) is 17.7 Å². The van der Waals surface area contributed by atoms with Gasteiger partial charge >= 0.3 is 0 Å². The second-order valence-electron chi connectivity index (χ2n) is 9.85. The largest absolute Gasteiger partial charge is 0.495 e. The summed E-state index contributed by atoms with van der Waals surface area (Å²) in [6.45, 7) is 5.66. The Morgan fingerprint density at radius 2 is 1.59 bits per heavy atom. The van der Waals surface area contributed by atoms with Crippen molar-refractivity contribution < 1.29 is 22.7 Å². The second kappa shape index (κ2) is 14.6. The van der Waals surface area contributed by atoms with Crippen LogP contribution in [-0.2, 0) is 26.2 Å². The van der Waals surface area contributed by atoms with E-state index in [2.05, 4.69) is 5.32 Å². The third kappa shape index (κ3) is 8.38. The third-order valence-corrected chi connectivity index (χ3v) is 8.62. The fraction of sp³-hybridized carbons (Fsp3) is 0.333. The fourth-order valence-corrected chi connectivity index (χ4v) is 5.95. The predicted molar refractivity (Wildman–Crippen MR) is 163 cm³/mol. The Morgan fingerprint density at radius 1 is 0.951 bits per heavy atom. The lowest BCUT2D eigenvalue weighted by Gasteiger charge is -2.33. The van der Waals surface area contributed by atoms with Gasteiger partial charge in [0, 0.05) is 23.1 Å². The van der Waals surface area contributed by atoms with E-state index in [1.165, 1.54) is 36.3 Å². The van der Waals surface area contributed by atoms with Crippen LogP contribution in [0.4, 0.5) is 5.69 Å². The molecule has 41 heavy (non-hydrogen) atoms. The lowest BCUT2D eigenvalue weighted by molar-refractivity contribution is -0.140. The first-order chi connectivity index (χ1) is 19.5. The Hall–Kier alpha value is -3.27. The van der Waals surface area contributed by atoms with E-state index in [0.29, 0.717) is 18.0 Å². The van der Waals surface area contributed by atoms with Crippen LogP contribution in [0.15, 0.2) is 77.7 Å². The Kier molecular flexibility index (Phi) is 11.5. The first-order valence-corrected chi connectivity index (χ1v) is 15.4. The molecule has 3 rings (SSSR count). The molecule has 11 heteroatoms. The van der Waals surface area contributed by atoms with Crippen LogP contribution in [0.25, 0.3) is 0 Å². The number of benzene rings is 3. The summed E-state index contributed by atoms with van der Waals surface area (Å²) in [7, 11) is -2.85. The summed E-state index contributed by atoms with van der Waals surface area (Å²) in [5.74, 6) is -0.472. The van der Waals surface area contributed by atoms with Gasteiger partial charge in [-0.15, -0.1) is 0 Å². The van der Waals surface area contributed by atoms with Crippen LogP contribution in [-0.4, -0.2) is 51.4 Å². The van der Waals surface area contributed by atoms with Gasteiger partial charge in [-0.2, -0.15) is 0 Å². The van der Waals surface area contributed by atoms with Crippen LogP contribution in [0.2, 0.25) is 10.0 Å². The lowest BCUT2D eigenvalue weighted by Crippen LogP contribution is -2.52. The first-order valence-electron chi connectivity index (χ1n) is 13.2. The molecule has 8 nitrogen and oxygen atoms in total. The lowest BCUT2D eigenvalue weighted by atomic mass is 10.1. The molecule has 0 aromatic heterocycles. The Labute approximate surface area is 252 Å². The number of nitrogens with one attached hydrogen (secondary N) is 1. The maximum atomic E-state index is 14.1. The highest BCUT2D eigenvalue weighted by atomic mass is 35.5. The number of sulfonamides is 1. The molecule has 0 heterocycles. The number of ether oxygens (including phenoxy) is 1. The highest BCUT2D eigenvalue weighted by Crippen LogP contribution is 2.35. The standard InChI is InChI=1S/C30H35Cl2N3O5S/c1-5-26(30(37)33-18-21(2)3)34(19-22-11-13-23(31)14-12-22)29(36)20-35(27-17-24(32)15-16-28(27)40-4)41(38,39)25-9-7-6-8-10-25/h6-17,21,26H,5,18-20H2,1-4H3,(H,33,37). The molecule has 1 unspecified atom stereocenters. The molecule has 0 radical (unpaired) electrons. The quantitative estimate of drug-likeness (QED) is 0.262. The van der Waals surface area contributed by atoms with Gasteiger partial charge in [0.2, 0.25) is 11.8 Å². The summed E-state index contributed by atoms with van der Waals surface area (Å²) in [6, 6.07) is 18.4. The summed E-state index contributed by atoms with van der Waals surface area (Å²) in [6.07, 6.45) is 0.315. The maximum absolute atomic E-state index is 14.1. The minimum Gasteiger partial charge on any atom is -0.495 e. The molecule has 0 aliphatic carbocycles. The van der Waals surface area contributed by atoms with Crippen LogP contribution in [0.5, 0.6) is 5.75 Å². The van der Waals surface area contributed by atoms with E-state index < -0.39 is 28.5 Å². The maximum Gasteiger partial charge on any atom is 0.264 e. The molecule has 220 valence electrons. The second-order valence-corrected chi connectivity index (χ2v) is 12.6. The van der Waals surface area contributed by atoms with Crippen molar-refractivity contribution in [2.75, 3.05) is 24.5 Å². The van der Waals surface area contributed by atoms with Crippen LogP contribution in [0, 0.1) is 5.92 Å². The molecule has 0 aliphatic heterocycles. The van der Waals surface area contributed by atoms with Crippen LogP contribution in [0.3, 0.4) is 0 Å². The van der Waals surface area contributed by atoms with E-state index in [0.717, 1.165) is 9.87 Å². The number of rotatable bonds is 13. The molecule has 1 N–H and O–H groups in total. The first kappa shape index (κ1) is 32.2. The van der Waals surface area contributed by atoms with Gasteiger partial charge in [0.25, 0.3) is 10.0 Å². The van der Waals surface area contributed by atoms with Gasteiger partial charge < -0.3 is 15.0 Å². The molecule has 0 saturated carbocycles. The normalized spacial score (nSPS) is 12.1. The summed E-state index contributed by atoms with van der Waals surface area (Å²) in [5.41, 5.74) is 0.830. The summed E-state index contributed by atoms with van der Waals surface area (Å²) < 4.78 is 34.4. The van der Waals surface area contributed by atoms with E-state index in [-0.39, 0.29) is 39.7 Å². The van der Waals surface area contributed by atoms with Crippen molar-refractivity contribution in [3.05, 3.63) is 88.4 Å². The average molecular weight is 621 g/mol. The number of hydrogen-bond donors (Lipinski definition) is 1. The van der Waals surface area contributed by atoms with Crippen LogP contribution >= 0.6 is 23.2 Å². The smallest absolute Gasteiger partial charge is 0.264 e. The summed E-state index contributed by atoms with van der Waals surface area (Å²) >= 11 is 12.3. The molecule has 0 fully saturated rings. The molecule has 0 saturated heterocycles. The highest BCUT2D eigenvalue weighted by molar-refractivity contribution is 7.92. The van der Waals surface area contributed by atoms with E-state index >= 15 is 0 Å². The number of carbonyl (C=O) groups excluding carboxylic acids is 2. The number of halogens is 2. The molecule has 0 aliphatic rings.